The number of rotatable bonds is 6. The fourth-order valence-corrected chi connectivity index (χ4v) is 3.58. The quantitative estimate of drug-likeness (QED) is 0.528. The Hall–Kier alpha value is -2.97. The second-order valence-electron chi connectivity index (χ2n) is 6.94. The Labute approximate surface area is 161 Å². The standard InChI is InChI=1S/C19H22FN3O5/c1-2-27-18(26)19(10-14-4-6-15(20)7-5-14)8-3-9-22(13-19)16(24)11-23-12-17(25)28-21-23/h4-7,12H,2-3,8-11,13H2,1H3. The molecular formula is C19H22FN3O5. The summed E-state index contributed by atoms with van der Waals surface area (Å²) in [5, 5.41) is 14.6. The molecule has 1 aromatic carbocycles. The van der Waals surface area contributed by atoms with Crippen LogP contribution in [-0.4, -0.2) is 41.7 Å². The van der Waals surface area contributed by atoms with Crippen LogP contribution in [0.1, 0.15) is 25.3 Å². The summed E-state index contributed by atoms with van der Waals surface area (Å²) in [6, 6.07) is 5.97. The highest BCUT2D eigenvalue weighted by Crippen LogP contribution is 2.35. The molecule has 0 aliphatic carbocycles. The third kappa shape index (κ3) is 4.47. The smallest absolute Gasteiger partial charge is 0.314 e. The van der Waals surface area contributed by atoms with Gasteiger partial charge >= 0.3 is 5.97 Å². The molecule has 1 amide bonds. The normalized spacial score (nSPS) is 19.4. The summed E-state index contributed by atoms with van der Waals surface area (Å²) in [5.41, 5.74) is -0.106. The largest absolute Gasteiger partial charge is 0.539 e. The number of hydrogen-bond donors (Lipinski definition) is 0. The van der Waals surface area contributed by atoms with Gasteiger partial charge < -0.3 is 19.3 Å². The van der Waals surface area contributed by atoms with Crippen molar-refractivity contribution in [1.29, 1.82) is 0 Å². The lowest BCUT2D eigenvalue weighted by Gasteiger charge is -2.40. The van der Waals surface area contributed by atoms with Crippen molar-refractivity contribution in [3.05, 3.63) is 41.8 Å². The summed E-state index contributed by atoms with van der Waals surface area (Å²) in [6.07, 6.45) is 2.63. The lowest BCUT2D eigenvalue weighted by atomic mass is 9.75. The second-order valence-corrected chi connectivity index (χ2v) is 6.94. The van der Waals surface area contributed by atoms with Gasteiger partial charge in [-0.2, -0.15) is 0 Å². The fraction of sp³-hybridized carbons (Fsp3) is 0.474. The third-order valence-electron chi connectivity index (χ3n) is 4.88. The minimum absolute atomic E-state index is 0.152. The predicted octanol–water partition coefficient (Wildman–Crippen LogP) is 0.589. The molecule has 1 fully saturated rings. The summed E-state index contributed by atoms with van der Waals surface area (Å²) in [7, 11) is 0. The molecular weight excluding hydrogens is 369 g/mol. The zero-order chi connectivity index (χ0) is 20.1. The number of likely N-dealkylation sites (tertiary alicyclic amines) is 1. The fourth-order valence-electron chi connectivity index (χ4n) is 3.58. The molecule has 150 valence electrons. The van der Waals surface area contributed by atoms with Crippen LogP contribution in [0.5, 0.6) is 5.95 Å². The zero-order valence-corrected chi connectivity index (χ0v) is 15.6. The molecule has 3 rings (SSSR count). The number of carbonyl (C=O) groups is 2. The van der Waals surface area contributed by atoms with Gasteiger partial charge in [-0.1, -0.05) is 16.8 Å². The van der Waals surface area contributed by atoms with Gasteiger partial charge in [0.1, 0.15) is 11.8 Å². The van der Waals surface area contributed by atoms with Crippen molar-refractivity contribution in [2.24, 2.45) is 5.41 Å². The number of piperidine rings is 1. The Morgan fingerprint density at radius 2 is 2.14 bits per heavy atom. The van der Waals surface area contributed by atoms with Crippen molar-refractivity contribution in [2.75, 3.05) is 19.7 Å². The zero-order valence-electron chi connectivity index (χ0n) is 15.6. The molecule has 8 nitrogen and oxygen atoms in total. The number of ether oxygens (including phenoxy) is 1. The van der Waals surface area contributed by atoms with Crippen LogP contribution in [0, 0.1) is 11.2 Å². The van der Waals surface area contributed by atoms with E-state index in [1.807, 2.05) is 0 Å². The maximum absolute atomic E-state index is 13.2. The van der Waals surface area contributed by atoms with E-state index in [4.69, 9.17) is 4.74 Å². The Morgan fingerprint density at radius 3 is 2.79 bits per heavy atom. The summed E-state index contributed by atoms with van der Waals surface area (Å²) in [5.74, 6) is -1.63. The number of aromatic nitrogens is 2. The topological polar surface area (TPSA) is 99.6 Å². The number of hydrogen-bond acceptors (Lipinski definition) is 6. The molecule has 28 heavy (non-hydrogen) atoms. The first kappa shape index (κ1) is 19.8. The minimum Gasteiger partial charge on any atom is -0.539 e. The van der Waals surface area contributed by atoms with Crippen LogP contribution in [0.2, 0.25) is 0 Å². The van der Waals surface area contributed by atoms with Gasteiger partial charge in [0.15, 0.2) is 0 Å². The Bertz CT molecular complexity index is 838. The van der Waals surface area contributed by atoms with Gasteiger partial charge in [-0.15, -0.1) is 0 Å². The summed E-state index contributed by atoms with van der Waals surface area (Å²) >= 11 is 0. The maximum atomic E-state index is 13.2. The summed E-state index contributed by atoms with van der Waals surface area (Å²) < 4.78 is 24.1. The lowest BCUT2D eigenvalue weighted by Crippen LogP contribution is -2.54. The van der Waals surface area contributed by atoms with Gasteiger partial charge in [-0.05, 0) is 43.9 Å². The van der Waals surface area contributed by atoms with Crippen LogP contribution in [0.15, 0.2) is 35.0 Å². The van der Waals surface area contributed by atoms with Gasteiger partial charge in [-0.3, -0.25) is 9.59 Å². The van der Waals surface area contributed by atoms with Crippen molar-refractivity contribution >= 4 is 11.9 Å². The van der Waals surface area contributed by atoms with Crippen molar-refractivity contribution in [2.45, 2.75) is 32.7 Å². The van der Waals surface area contributed by atoms with E-state index in [1.54, 1.807) is 24.0 Å². The molecule has 1 aliphatic heterocycles. The lowest BCUT2D eigenvalue weighted by molar-refractivity contribution is -0.751. The van der Waals surface area contributed by atoms with E-state index in [0.717, 1.165) is 16.4 Å². The first-order valence-corrected chi connectivity index (χ1v) is 9.15. The van der Waals surface area contributed by atoms with Crippen molar-refractivity contribution < 1.29 is 33.0 Å². The van der Waals surface area contributed by atoms with E-state index < -0.39 is 11.4 Å². The van der Waals surface area contributed by atoms with Crippen molar-refractivity contribution in [1.82, 2.24) is 10.2 Å². The van der Waals surface area contributed by atoms with Crippen LogP contribution in [0.4, 0.5) is 4.39 Å². The van der Waals surface area contributed by atoms with Crippen LogP contribution in [-0.2, 0) is 27.3 Å². The molecule has 1 saturated heterocycles. The van der Waals surface area contributed by atoms with Crippen molar-refractivity contribution in [3.8, 4) is 5.95 Å². The van der Waals surface area contributed by atoms with E-state index in [-0.39, 0.29) is 37.4 Å². The van der Waals surface area contributed by atoms with Crippen molar-refractivity contribution in [3.63, 3.8) is 0 Å². The Morgan fingerprint density at radius 1 is 1.39 bits per heavy atom. The molecule has 2 heterocycles. The molecule has 1 aliphatic rings. The number of esters is 1. The average molecular weight is 391 g/mol. The SMILES string of the molecule is CCOC(=O)C1(Cc2ccc(F)cc2)CCCN(C(=O)C[n+]2cc([O-])on2)C1. The minimum atomic E-state index is -0.903. The molecule has 9 heteroatoms. The highest BCUT2D eigenvalue weighted by atomic mass is 19.1. The molecule has 2 aromatic rings. The molecule has 0 N–H and O–H groups in total. The van der Waals surface area contributed by atoms with E-state index in [1.165, 1.54) is 12.1 Å². The van der Waals surface area contributed by atoms with Gasteiger partial charge in [0.2, 0.25) is 6.20 Å². The number of nitrogens with zero attached hydrogens (tertiary/aromatic N) is 3. The Balaban J connectivity index is 1.79. The number of amides is 1. The van der Waals surface area contributed by atoms with E-state index in [9.17, 15) is 19.1 Å². The number of halogens is 1. The summed E-state index contributed by atoms with van der Waals surface area (Å²) in [6.45, 7) is 2.49. The number of benzene rings is 1. The van der Waals surface area contributed by atoms with Gasteiger partial charge in [0, 0.05) is 13.1 Å². The highest BCUT2D eigenvalue weighted by molar-refractivity contribution is 5.80. The average Bonchev–Trinajstić information content (AvgIpc) is 3.08. The molecule has 0 saturated carbocycles. The first-order valence-electron chi connectivity index (χ1n) is 9.15. The molecule has 0 radical (unpaired) electrons. The summed E-state index contributed by atoms with van der Waals surface area (Å²) in [4.78, 5) is 27.1. The van der Waals surface area contributed by atoms with Crippen LogP contribution >= 0.6 is 0 Å². The van der Waals surface area contributed by atoms with Crippen LogP contribution in [0.25, 0.3) is 0 Å². The van der Waals surface area contributed by atoms with E-state index in [2.05, 4.69) is 9.79 Å². The Kier molecular flexibility index (Phi) is 5.91. The van der Waals surface area contributed by atoms with Gasteiger partial charge in [-0.25, -0.2) is 4.39 Å². The molecule has 1 unspecified atom stereocenters. The molecule has 0 spiro atoms. The van der Waals surface area contributed by atoms with E-state index >= 15 is 0 Å². The molecule has 1 atom stereocenters. The molecule has 0 bridgehead atoms. The first-order chi connectivity index (χ1) is 13.4. The van der Waals surface area contributed by atoms with E-state index in [0.29, 0.717) is 25.8 Å². The predicted molar refractivity (Wildman–Crippen MR) is 91.1 cm³/mol. The van der Waals surface area contributed by atoms with Gasteiger partial charge in [0.25, 0.3) is 12.5 Å². The van der Waals surface area contributed by atoms with Gasteiger partial charge in [0.05, 0.1) is 17.3 Å². The third-order valence-corrected chi connectivity index (χ3v) is 4.88. The van der Waals surface area contributed by atoms with Crippen LogP contribution < -0.4 is 9.79 Å². The molecule has 1 aromatic heterocycles. The number of carbonyl (C=O) groups excluding carboxylic acids is 2. The second kappa shape index (κ2) is 8.37. The monoisotopic (exact) mass is 391 g/mol. The van der Waals surface area contributed by atoms with Crippen LogP contribution in [0.3, 0.4) is 0 Å². The maximum Gasteiger partial charge on any atom is 0.314 e. The highest BCUT2D eigenvalue weighted by Gasteiger charge is 2.45.